The summed E-state index contributed by atoms with van der Waals surface area (Å²) in [7, 11) is -3.71. The van der Waals surface area contributed by atoms with E-state index < -0.39 is 10.0 Å². The summed E-state index contributed by atoms with van der Waals surface area (Å²) in [5.74, 6) is 0. The van der Waals surface area contributed by atoms with Gasteiger partial charge < -0.3 is 5.73 Å². The molecule has 0 bridgehead atoms. The summed E-state index contributed by atoms with van der Waals surface area (Å²) in [6, 6.07) is 4.27. The summed E-state index contributed by atoms with van der Waals surface area (Å²) in [6.07, 6.45) is 0. The Morgan fingerprint density at radius 3 is 2.33 bits per heavy atom. The van der Waals surface area contributed by atoms with Crippen molar-refractivity contribution in [1.82, 2.24) is 0 Å². The van der Waals surface area contributed by atoms with E-state index in [1.807, 2.05) is 0 Å². The number of thiol groups is 1. The van der Waals surface area contributed by atoms with Gasteiger partial charge in [-0.05, 0) is 18.2 Å². The number of sulfonamides is 1. The number of benzene rings is 1. The molecule has 0 saturated carbocycles. The molecule has 12 heavy (non-hydrogen) atoms. The van der Waals surface area contributed by atoms with Crippen molar-refractivity contribution in [2.75, 3.05) is 5.73 Å². The van der Waals surface area contributed by atoms with Crippen LogP contribution in [0.25, 0.3) is 0 Å². The molecule has 66 valence electrons. The first-order valence-electron chi connectivity index (χ1n) is 3.02. The first-order chi connectivity index (χ1) is 5.41. The summed E-state index contributed by atoms with van der Waals surface area (Å²) in [5.41, 5.74) is 5.52. The van der Waals surface area contributed by atoms with Gasteiger partial charge in [0.2, 0.25) is 10.0 Å². The van der Waals surface area contributed by atoms with E-state index in [0.717, 1.165) is 0 Å². The Morgan fingerprint density at radius 1 is 1.33 bits per heavy atom. The number of nitrogens with two attached hydrogens (primary N) is 2. The maximum absolute atomic E-state index is 10.8. The molecule has 0 fully saturated rings. The van der Waals surface area contributed by atoms with E-state index in [4.69, 9.17) is 10.9 Å². The third-order valence-electron chi connectivity index (χ3n) is 1.30. The quantitative estimate of drug-likeness (QED) is 0.451. The first-order valence-corrected chi connectivity index (χ1v) is 5.02. The summed E-state index contributed by atoms with van der Waals surface area (Å²) in [6.45, 7) is 0. The molecular formula is C6H8N2O2S2. The van der Waals surface area contributed by atoms with Crippen LogP contribution < -0.4 is 10.9 Å². The molecule has 0 amide bonds. The van der Waals surface area contributed by atoms with Crippen LogP contribution in [0.2, 0.25) is 0 Å². The SMILES string of the molecule is Nc1cc(S)ccc1S(N)(=O)=O. The van der Waals surface area contributed by atoms with Gasteiger partial charge in [-0.1, -0.05) is 0 Å². The number of nitrogen functional groups attached to an aromatic ring is 1. The first kappa shape index (κ1) is 9.37. The predicted molar refractivity (Wildman–Crippen MR) is 49.5 cm³/mol. The third-order valence-corrected chi connectivity index (χ3v) is 2.56. The molecule has 0 radical (unpaired) electrons. The average molecular weight is 204 g/mol. The van der Waals surface area contributed by atoms with Crippen molar-refractivity contribution < 1.29 is 8.42 Å². The van der Waals surface area contributed by atoms with Crippen molar-refractivity contribution in [3.63, 3.8) is 0 Å². The number of hydrogen-bond donors (Lipinski definition) is 3. The van der Waals surface area contributed by atoms with Gasteiger partial charge in [-0.2, -0.15) is 0 Å². The second-order valence-electron chi connectivity index (χ2n) is 2.27. The molecule has 0 atom stereocenters. The Hall–Kier alpha value is -0.720. The van der Waals surface area contributed by atoms with E-state index in [-0.39, 0.29) is 10.6 Å². The van der Waals surface area contributed by atoms with Gasteiger partial charge in [-0.15, -0.1) is 12.6 Å². The van der Waals surface area contributed by atoms with E-state index in [1.165, 1.54) is 18.2 Å². The van der Waals surface area contributed by atoms with Crippen LogP contribution in [-0.2, 0) is 10.0 Å². The molecule has 0 saturated heterocycles. The number of hydrogen-bond acceptors (Lipinski definition) is 4. The topological polar surface area (TPSA) is 86.2 Å². The molecule has 0 unspecified atom stereocenters. The molecule has 6 heteroatoms. The fraction of sp³-hybridized carbons (Fsp3) is 0. The molecule has 1 aromatic carbocycles. The van der Waals surface area contributed by atoms with Crippen LogP contribution in [-0.4, -0.2) is 8.42 Å². The lowest BCUT2D eigenvalue weighted by Gasteiger charge is -2.02. The van der Waals surface area contributed by atoms with Crippen LogP contribution >= 0.6 is 12.6 Å². The van der Waals surface area contributed by atoms with Gasteiger partial charge in [0, 0.05) is 4.90 Å². The minimum absolute atomic E-state index is 0.0692. The highest BCUT2D eigenvalue weighted by Gasteiger charge is 2.10. The van der Waals surface area contributed by atoms with Crippen LogP contribution in [0.4, 0.5) is 5.69 Å². The maximum Gasteiger partial charge on any atom is 0.240 e. The predicted octanol–water partition coefficient (Wildman–Crippen LogP) is 0.205. The molecule has 1 rings (SSSR count). The van der Waals surface area contributed by atoms with Crippen LogP contribution in [0.1, 0.15) is 0 Å². The van der Waals surface area contributed by atoms with Crippen molar-refractivity contribution in [3.05, 3.63) is 18.2 Å². The van der Waals surface area contributed by atoms with Gasteiger partial charge in [-0.3, -0.25) is 0 Å². The molecular weight excluding hydrogens is 196 g/mol. The van der Waals surface area contributed by atoms with Crippen LogP contribution in [0.5, 0.6) is 0 Å². The minimum atomic E-state index is -3.71. The Bertz CT molecular complexity index is 400. The van der Waals surface area contributed by atoms with Crippen LogP contribution in [0.3, 0.4) is 0 Å². The molecule has 0 aromatic heterocycles. The van der Waals surface area contributed by atoms with Gasteiger partial charge in [0.1, 0.15) is 4.90 Å². The summed E-state index contributed by atoms with van der Waals surface area (Å²) >= 11 is 3.98. The normalized spacial score (nSPS) is 11.5. The zero-order valence-corrected chi connectivity index (χ0v) is 7.77. The smallest absolute Gasteiger partial charge is 0.240 e. The molecule has 0 spiro atoms. The summed E-state index contributed by atoms with van der Waals surface area (Å²) < 4.78 is 21.7. The minimum Gasteiger partial charge on any atom is -0.398 e. The van der Waals surface area contributed by atoms with E-state index in [1.54, 1.807) is 0 Å². The number of rotatable bonds is 1. The fourth-order valence-corrected chi connectivity index (χ4v) is 1.65. The second-order valence-corrected chi connectivity index (χ2v) is 4.31. The van der Waals surface area contributed by atoms with Gasteiger partial charge in [-0.25, -0.2) is 13.6 Å². The van der Waals surface area contributed by atoms with Crippen molar-refractivity contribution >= 4 is 28.3 Å². The standard InChI is InChI=1S/C6H8N2O2S2/c7-5-3-4(11)1-2-6(5)12(8,9)10/h1-3,11H,7H2,(H2,8,9,10). The van der Waals surface area contributed by atoms with Gasteiger partial charge in [0.15, 0.2) is 0 Å². The lowest BCUT2D eigenvalue weighted by molar-refractivity contribution is 0.598. The molecule has 4 nitrogen and oxygen atoms in total. The van der Waals surface area contributed by atoms with Crippen molar-refractivity contribution in [3.8, 4) is 0 Å². The average Bonchev–Trinajstić information content (AvgIpc) is 1.83. The fourth-order valence-electron chi connectivity index (χ4n) is 0.795. The van der Waals surface area contributed by atoms with Crippen LogP contribution in [0.15, 0.2) is 28.0 Å². The zero-order chi connectivity index (χ0) is 9.35. The second kappa shape index (κ2) is 2.96. The number of primary sulfonamides is 1. The molecule has 1 aromatic rings. The van der Waals surface area contributed by atoms with Crippen molar-refractivity contribution in [1.29, 1.82) is 0 Å². The van der Waals surface area contributed by atoms with Crippen LogP contribution in [0, 0.1) is 0 Å². The highest BCUT2D eigenvalue weighted by molar-refractivity contribution is 7.89. The van der Waals surface area contributed by atoms with E-state index in [9.17, 15) is 8.42 Å². The summed E-state index contributed by atoms with van der Waals surface area (Å²) in [4.78, 5) is 0.528. The Balaban J connectivity index is 3.39. The molecule has 0 aliphatic carbocycles. The monoisotopic (exact) mass is 204 g/mol. The Kier molecular flexibility index (Phi) is 2.31. The number of anilines is 1. The zero-order valence-electron chi connectivity index (χ0n) is 6.06. The van der Waals surface area contributed by atoms with E-state index in [2.05, 4.69) is 12.6 Å². The molecule has 4 N–H and O–H groups in total. The highest BCUT2D eigenvalue weighted by Crippen LogP contribution is 2.19. The highest BCUT2D eigenvalue weighted by atomic mass is 32.2. The molecule has 0 aliphatic heterocycles. The van der Waals surface area contributed by atoms with Crippen molar-refractivity contribution in [2.45, 2.75) is 9.79 Å². The molecule has 0 heterocycles. The van der Waals surface area contributed by atoms with Gasteiger partial charge >= 0.3 is 0 Å². The van der Waals surface area contributed by atoms with Gasteiger partial charge in [0.05, 0.1) is 5.69 Å². The largest absolute Gasteiger partial charge is 0.398 e. The Morgan fingerprint density at radius 2 is 1.92 bits per heavy atom. The lowest BCUT2D eigenvalue weighted by atomic mass is 10.3. The van der Waals surface area contributed by atoms with E-state index in [0.29, 0.717) is 4.90 Å². The summed E-state index contributed by atoms with van der Waals surface area (Å²) in [5, 5.41) is 4.87. The molecule has 0 aliphatic rings. The Labute approximate surface area is 76.0 Å². The maximum atomic E-state index is 10.8. The third kappa shape index (κ3) is 1.90. The lowest BCUT2D eigenvalue weighted by Crippen LogP contribution is -2.14. The van der Waals surface area contributed by atoms with E-state index >= 15 is 0 Å². The van der Waals surface area contributed by atoms with Gasteiger partial charge in [0.25, 0.3) is 0 Å². The van der Waals surface area contributed by atoms with Crippen molar-refractivity contribution in [2.24, 2.45) is 5.14 Å².